The van der Waals surface area contributed by atoms with Crippen molar-refractivity contribution >= 4 is 35.1 Å². The highest BCUT2D eigenvalue weighted by Crippen LogP contribution is 2.53. The minimum atomic E-state index is -2.17. The van der Waals surface area contributed by atoms with E-state index in [9.17, 15) is 90.4 Å². The number of unbranched alkanes of at least 4 members (excludes halogenated alkanes) is 6. The lowest BCUT2D eigenvalue weighted by atomic mass is 9.71. The van der Waals surface area contributed by atoms with Crippen LogP contribution in [-0.2, 0) is 76.5 Å². The largest absolute Gasteiger partial charge is 0.507 e. The number of phenolic OH excluding ortho intramolecular Hbond substituents is 2. The smallest absolute Gasteiger partial charge is 0.303 e. The number of nitrogens with one attached hydrogen (secondary N) is 2. The van der Waals surface area contributed by atoms with Gasteiger partial charge in [0.2, 0.25) is 17.6 Å². The van der Waals surface area contributed by atoms with Crippen LogP contribution in [0.1, 0.15) is 158 Å². The van der Waals surface area contributed by atoms with E-state index in [1.165, 1.54) is 32.4 Å². The summed E-state index contributed by atoms with van der Waals surface area (Å²) < 4.78 is 59.6. The number of nitrogens with two attached hydrogens (primary N) is 1. The number of ether oxygens (including phenoxy) is 10. The Hall–Kier alpha value is -6.44. The maximum absolute atomic E-state index is 14.2. The normalized spacial score (nSPS) is 32.3. The van der Waals surface area contributed by atoms with Gasteiger partial charge in [-0.3, -0.25) is 28.7 Å². The monoisotopic (exact) mass is 1460 g/mol. The number of hydrazone groups is 1. The number of nitrogens with zero attached hydrogens (tertiary/aromatic N) is 4. The predicted molar refractivity (Wildman–Crippen MR) is 349 cm³/mol. The number of aliphatic hydroxyl groups is 11. The standard InChI is InChI=1S/C67H97N7O29/c1-31-22-33(23-36(68)49(31)81)99-38-25-67(93,24-35-46(38)54(86)48-47(51(35)83)50(82)34-14-13-15-37(94-2)45(34)53(48)85)41(29-76)71-72-43(78)17-7-4-10-19-74-27-32(70-73-74)26-69-42(77)16-8-5-11-21-97-62-57(89)60(92)64(102-66(62)103-65-58(90)55(87)52(84)39(28-75)100-65)98-30-40-61(56(88)59(91)63(95-3)101-40)96-20-12-6-9-18-44(79)80/h13-15,27,31,33,36,38-40,49,52,55-66,75-76,81,83-84,86-93H,4-12,16-26,28-30,68H2,1-3H3,(H,69,77)(H,72,78)(H,79,80)/b71-41+/t31?,33?,36?,38?,39-,40-,49?,52-,55+,56-,57-,58-,59-,60-,61-,62+,63+,64+,65-,66-,67+/m1/s1. The van der Waals surface area contributed by atoms with Crippen LogP contribution in [0.25, 0.3) is 0 Å². The zero-order valence-corrected chi connectivity index (χ0v) is 57.4. The molecule has 9 rings (SSSR count). The number of methoxy groups -OCH3 is 2. The van der Waals surface area contributed by atoms with Crippen LogP contribution in [0.2, 0.25) is 0 Å². The first-order valence-electron chi connectivity index (χ1n) is 34.6. The summed E-state index contributed by atoms with van der Waals surface area (Å²) in [7, 11) is 2.54. The van der Waals surface area contributed by atoms with Gasteiger partial charge in [-0.25, -0.2) is 5.43 Å². The molecule has 4 fully saturated rings. The number of benzene rings is 2. The number of carbonyl (C=O) groups excluding carboxylic acids is 4. The molecule has 3 aromatic rings. The van der Waals surface area contributed by atoms with Gasteiger partial charge in [0, 0.05) is 81.7 Å². The molecule has 18 N–H and O–H groups in total. The van der Waals surface area contributed by atoms with E-state index < -0.39 is 201 Å². The predicted octanol–water partition coefficient (Wildman–Crippen LogP) is -2.66. The second-order valence-electron chi connectivity index (χ2n) is 26.9. The average molecular weight is 1460 g/mol. The number of aromatic nitrogens is 3. The van der Waals surface area contributed by atoms with Gasteiger partial charge in [0.15, 0.2) is 30.9 Å². The van der Waals surface area contributed by atoms with E-state index in [2.05, 4.69) is 26.2 Å². The van der Waals surface area contributed by atoms with Gasteiger partial charge >= 0.3 is 5.97 Å². The van der Waals surface area contributed by atoms with Crippen LogP contribution in [0, 0.1) is 5.92 Å². The summed E-state index contributed by atoms with van der Waals surface area (Å²) >= 11 is 0. The van der Waals surface area contributed by atoms with Gasteiger partial charge < -0.3 is 130 Å². The van der Waals surface area contributed by atoms with Crippen molar-refractivity contribution in [1.82, 2.24) is 25.7 Å². The highest BCUT2D eigenvalue weighted by atomic mass is 16.8. The van der Waals surface area contributed by atoms with E-state index >= 15 is 0 Å². The van der Waals surface area contributed by atoms with Gasteiger partial charge in [0.25, 0.3) is 0 Å². The zero-order valence-electron chi connectivity index (χ0n) is 57.4. The number of hydrogen-bond donors (Lipinski definition) is 17. The summed E-state index contributed by atoms with van der Waals surface area (Å²) in [4.78, 5) is 65.3. The number of amides is 2. The van der Waals surface area contributed by atoms with E-state index in [1.54, 1.807) is 17.8 Å². The molecule has 2 amide bonds. The van der Waals surface area contributed by atoms with Crippen molar-refractivity contribution in [1.29, 1.82) is 0 Å². The Labute approximate surface area is 591 Å². The number of aromatic hydroxyl groups is 2. The highest BCUT2D eigenvalue weighted by Gasteiger charge is 2.54. The Morgan fingerprint density at radius 1 is 0.699 bits per heavy atom. The molecule has 4 heterocycles. The van der Waals surface area contributed by atoms with Gasteiger partial charge in [-0.15, -0.1) is 5.10 Å². The van der Waals surface area contributed by atoms with E-state index in [4.69, 9.17) is 58.2 Å². The molecule has 0 spiro atoms. The first kappa shape index (κ1) is 80.7. The molecule has 3 aliphatic heterocycles. The van der Waals surface area contributed by atoms with Crippen molar-refractivity contribution in [3.63, 3.8) is 0 Å². The van der Waals surface area contributed by atoms with Crippen LogP contribution < -0.4 is 21.2 Å². The van der Waals surface area contributed by atoms with Crippen molar-refractivity contribution in [2.45, 2.75) is 245 Å². The number of hydrogen-bond acceptors (Lipinski definition) is 32. The maximum atomic E-state index is 14.2. The van der Waals surface area contributed by atoms with Crippen LogP contribution in [-0.4, -0.2) is 285 Å². The number of fused-ring (bicyclic) bond motifs is 3. The van der Waals surface area contributed by atoms with Crippen LogP contribution in [0.4, 0.5) is 0 Å². The number of carbonyl (C=O) groups is 5. The molecule has 103 heavy (non-hydrogen) atoms. The van der Waals surface area contributed by atoms with E-state index in [0.717, 1.165) is 0 Å². The number of ketones is 2. The summed E-state index contributed by atoms with van der Waals surface area (Å²) in [5, 5.41) is 168. The highest BCUT2D eigenvalue weighted by molar-refractivity contribution is 6.31. The number of phenols is 2. The second-order valence-corrected chi connectivity index (χ2v) is 26.9. The van der Waals surface area contributed by atoms with Crippen LogP contribution in [0.5, 0.6) is 17.2 Å². The number of carboxylic acids is 1. The number of aliphatic hydroxyl groups excluding tert-OH is 10. The van der Waals surface area contributed by atoms with Gasteiger partial charge in [0.1, 0.15) is 95.7 Å². The third-order valence-electron chi connectivity index (χ3n) is 19.6. The number of aryl methyl sites for hydroxylation is 1. The minimum absolute atomic E-state index is 0.0206. The molecule has 36 nitrogen and oxygen atoms in total. The van der Waals surface area contributed by atoms with Crippen molar-refractivity contribution in [2.24, 2.45) is 16.8 Å². The Bertz CT molecular complexity index is 3390. The Morgan fingerprint density at radius 2 is 1.35 bits per heavy atom. The number of rotatable bonds is 35. The lowest BCUT2D eigenvalue weighted by Gasteiger charge is -2.46. The molecular weight excluding hydrogens is 1370 g/mol. The first-order chi connectivity index (χ1) is 49.2. The fraction of sp³-hybridized carbons (Fsp3) is 0.701. The average Bonchev–Trinajstić information content (AvgIpc) is 0.844. The van der Waals surface area contributed by atoms with E-state index in [-0.39, 0.29) is 91.0 Å². The van der Waals surface area contributed by atoms with Crippen molar-refractivity contribution in [3.8, 4) is 17.2 Å². The van der Waals surface area contributed by atoms with Crippen molar-refractivity contribution in [3.05, 3.63) is 63.5 Å². The van der Waals surface area contributed by atoms with Crippen molar-refractivity contribution in [2.75, 3.05) is 47.3 Å². The molecule has 0 radical (unpaired) electrons. The fourth-order valence-corrected chi connectivity index (χ4v) is 13.9. The summed E-state index contributed by atoms with van der Waals surface area (Å²) in [5.74, 6) is -5.02. The lowest BCUT2D eigenvalue weighted by Crippen LogP contribution is -2.64. The molecule has 6 aliphatic rings. The van der Waals surface area contributed by atoms with Crippen LogP contribution in [0.15, 0.2) is 29.5 Å². The molecule has 3 saturated heterocycles. The van der Waals surface area contributed by atoms with Crippen molar-refractivity contribution < 1.29 is 143 Å². The van der Waals surface area contributed by atoms with E-state index in [1.807, 2.05) is 0 Å². The van der Waals surface area contributed by atoms with Gasteiger partial charge in [-0.1, -0.05) is 43.5 Å². The molecule has 574 valence electrons. The third kappa shape index (κ3) is 19.0. The molecule has 3 aliphatic carbocycles. The SMILES string of the molecule is COc1cccc2c1C(=O)c1c(O)c3c(c(O)c1C2=O)C[C@@](O)(/C(CO)=N/NC(=O)CCCCCn1cc(CNC(=O)CCCCCO[C@@H]2[C@@H](O[C@H]4O[C@H](CO)[C@@H](O)[C@H](O)[C@H]4O)O[C@H](OC[C@H]4O[C@H](OC)[C@H](O)[C@@H](O)[C@@H]4OCCCCCC(=O)O)[C@H](O)[C@H]2O)nn1)CC3OC1CC(C)C(O)C(N)C1. The Kier molecular flexibility index (Phi) is 28.7. The molecule has 1 saturated carbocycles. The maximum Gasteiger partial charge on any atom is 0.303 e. The van der Waals surface area contributed by atoms with Gasteiger partial charge in [-0.05, 0) is 63.4 Å². The Balaban J connectivity index is 0.719. The second kappa shape index (κ2) is 36.7. The summed E-state index contributed by atoms with van der Waals surface area (Å²) in [6.45, 7) is -0.0224. The lowest BCUT2D eigenvalue weighted by molar-refractivity contribution is -0.405. The van der Waals surface area contributed by atoms with Crippen LogP contribution >= 0.6 is 0 Å². The molecule has 36 heteroatoms. The molecule has 1 aromatic heterocycles. The van der Waals surface area contributed by atoms with Crippen LogP contribution in [0.3, 0.4) is 0 Å². The molecule has 21 atom stereocenters. The Morgan fingerprint density at radius 3 is 2.03 bits per heavy atom. The number of aliphatic carboxylic acids is 1. The third-order valence-corrected chi connectivity index (χ3v) is 19.6. The first-order valence-corrected chi connectivity index (χ1v) is 34.6. The molecule has 5 unspecified atom stereocenters. The number of carboxylic acid groups (broad SMARTS) is 1. The molecule has 0 bridgehead atoms. The topological polar surface area (TPSA) is 554 Å². The summed E-state index contributed by atoms with van der Waals surface area (Å²) in [6.07, 6.45) is -22.1. The zero-order chi connectivity index (χ0) is 74.6. The van der Waals surface area contributed by atoms with Gasteiger partial charge in [0.05, 0.1) is 80.4 Å². The van der Waals surface area contributed by atoms with E-state index in [0.29, 0.717) is 76.4 Å². The molecule has 2 aromatic carbocycles. The van der Waals surface area contributed by atoms with Gasteiger partial charge in [-0.2, -0.15) is 5.10 Å². The fourth-order valence-electron chi connectivity index (χ4n) is 13.9. The summed E-state index contributed by atoms with van der Waals surface area (Å²) in [5.41, 5.74) is 5.23. The quantitative estimate of drug-likeness (QED) is 0.00968. The minimum Gasteiger partial charge on any atom is -0.507 e. The molecular formula is C67H97N7O29. The summed E-state index contributed by atoms with van der Waals surface area (Å²) in [6, 6.07) is 3.66.